The molecule has 0 unspecified atom stereocenters. The monoisotopic (exact) mass is 531 g/mol. The number of carbonyl (C=O) groups excluding carboxylic acids is 1. The molecule has 3 aromatic carbocycles. The molecule has 0 atom stereocenters. The second-order valence-corrected chi connectivity index (χ2v) is 9.56. The molecule has 0 bridgehead atoms. The van der Waals surface area contributed by atoms with Crippen molar-refractivity contribution in [1.82, 2.24) is 13.3 Å². The van der Waals surface area contributed by atoms with Crippen LogP contribution in [0.2, 0.25) is 0 Å². The molecule has 38 heavy (non-hydrogen) atoms. The smallest absolute Gasteiger partial charge is 0.355 e. The van der Waals surface area contributed by atoms with E-state index in [4.69, 9.17) is 18.9 Å². The van der Waals surface area contributed by atoms with Crippen LogP contribution in [0.4, 0.5) is 0 Å². The van der Waals surface area contributed by atoms with Gasteiger partial charge in [0.1, 0.15) is 22.5 Å². The first-order chi connectivity index (χ1) is 18.4. The lowest BCUT2D eigenvalue weighted by molar-refractivity contribution is 0.0516. The molecule has 0 aliphatic carbocycles. The van der Waals surface area contributed by atoms with Gasteiger partial charge in [0, 0.05) is 23.6 Å². The number of benzene rings is 3. The van der Waals surface area contributed by atoms with E-state index in [1.807, 2.05) is 73.0 Å². The fourth-order valence-electron chi connectivity index (χ4n) is 4.58. The molecule has 0 saturated carbocycles. The third-order valence-corrected chi connectivity index (χ3v) is 6.78. The number of nitrogens with zero attached hydrogens (tertiary/aromatic N) is 3. The minimum atomic E-state index is -0.408. The van der Waals surface area contributed by atoms with Crippen molar-refractivity contribution < 1.29 is 23.7 Å². The summed E-state index contributed by atoms with van der Waals surface area (Å²) in [5.41, 5.74) is 5.44. The predicted molar refractivity (Wildman–Crippen MR) is 149 cm³/mol. The molecule has 0 amide bonds. The molecule has 0 saturated heterocycles. The molecule has 9 heteroatoms. The molecule has 0 aliphatic heterocycles. The third-order valence-electron chi connectivity index (χ3n) is 6.22. The van der Waals surface area contributed by atoms with Gasteiger partial charge >= 0.3 is 5.97 Å². The van der Waals surface area contributed by atoms with Crippen LogP contribution in [-0.2, 0) is 11.3 Å². The highest BCUT2D eigenvalue weighted by Crippen LogP contribution is 2.42. The maximum atomic E-state index is 13.6. The van der Waals surface area contributed by atoms with Crippen molar-refractivity contribution in [3.8, 4) is 28.4 Å². The van der Waals surface area contributed by atoms with Gasteiger partial charge in [-0.25, -0.2) is 4.79 Å². The van der Waals surface area contributed by atoms with Crippen molar-refractivity contribution >= 4 is 39.6 Å². The second-order valence-electron chi connectivity index (χ2n) is 9.03. The van der Waals surface area contributed by atoms with E-state index < -0.39 is 5.97 Å². The van der Waals surface area contributed by atoms with E-state index in [-0.39, 0.29) is 12.7 Å². The minimum Gasteiger partial charge on any atom is -0.497 e. The predicted octanol–water partition coefficient (Wildman–Crippen LogP) is 6.34. The van der Waals surface area contributed by atoms with Gasteiger partial charge in [-0.3, -0.25) is 0 Å². The Labute approximate surface area is 225 Å². The first kappa shape index (κ1) is 25.5. The Morgan fingerprint density at radius 1 is 0.947 bits per heavy atom. The number of hydrogen-bond donors (Lipinski definition) is 0. The zero-order valence-corrected chi connectivity index (χ0v) is 22.8. The van der Waals surface area contributed by atoms with E-state index in [2.05, 4.69) is 8.75 Å². The average molecular weight is 532 g/mol. The van der Waals surface area contributed by atoms with Gasteiger partial charge in [0.2, 0.25) is 0 Å². The van der Waals surface area contributed by atoms with Crippen LogP contribution in [0.3, 0.4) is 0 Å². The topological polar surface area (TPSA) is 84.7 Å². The Balaban J connectivity index is 1.82. The maximum absolute atomic E-state index is 13.6. The molecule has 0 N–H and O–H groups in total. The number of esters is 1. The SMILES string of the molecule is CCOC(=O)c1c(-c2ccc3nsnc3c2)c2cc(OC)c(OC(C)C)cc2n1Cc1ccc(OC)cc1. The zero-order valence-electron chi connectivity index (χ0n) is 22.0. The molecule has 0 spiro atoms. The average Bonchev–Trinajstić information content (AvgIpc) is 3.50. The lowest BCUT2D eigenvalue weighted by Gasteiger charge is -2.15. The first-order valence-corrected chi connectivity index (χ1v) is 13.1. The standard InChI is InChI=1S/C29H29N3O5S/c1-6-36-29(33)28-27(19-9-12-22-23(13-19)31-38-30-22)21-14-25(35-5)26(37-17(2)3)15-24(21)32(28)16-18-7-10-20(34-4)11-8-18/h7-15,17H,6,16H2,1-5H3. The van der Waals surface area contributed by atoms with Gasteiger partial charge in [-0.1, -0.05) is 18.2 Å². The molecule has 8 nitrogen and oxygen atoms in total. The normalized spacial score (nSPS) is 11.3. The molecule has 2 heterocycles. The van der Waals surface area contributed by atoms with Gasteiger partial charge in [0.05, 0.1) is 44.2 Å². The summed E-state index contributed by atoms with van der Waals surface area (Å²) >= 11 is 1.16. The van der Waals surface area contributed by atoms with E-state index in [0.29, 0.717) is 23.7 Å². The number of rotatable bonds is 9. The molecular weight excluding hydrogens is 502 g/mol. The van der Waals surface area contributed by atoms with Crippen LogP contribution in [0, 0.1) is 0 Å². The fourth-order valence-corrected chi connectivity index (χ4v) is 5.10. The van der Waals surface area contributed by atoms with Crippen LogP contribution in [0.1, 0.15) is 36.8 Å². The van der Waals surface area contributed by atoms with Crippen molar-refractivity contribution in [1.29, 1.82) is 0 Å². The molecule has 5 rings (SSSR count). The highest BCUT2D eigenvalue weighted by molar-refractivity contribution is 7.00. The minimum absolute atomic E-state index is 0.0603. The lowest BCUT2D eigenvalue weighted by atomic mass is 10.0. The summed E-state index contributed by atoms with van der Waals surface area (Å²) in [5.74, 6) is 1.54. The highest BCUT2D eigenvalue weighted by Gasteiger charge is 2.27. The summed E-state index contributed by atoms with van der Waals surface area (Å²) in [6, 6.07) is 17.5. The van der Waals surface area contributed by atoms with E-state index >= 15 is 0 Å². The van der Waals surface area contributed by atoms with Crippen molar-refractivity contribution in [3.63, 3.8) is 0 Å². The summed E-state index contributed by atoms with van der Waals surface area (Å²) in [7, 11) is 3.25. The molecule has 5 aromatic rings. The van der Waals surface area contributed by atoms with Crippen LogP contribution in [0.15, 0.2) is 54.6 Å². The van der Waals surface area contributed by atoms with E-state index in [1.54, 1.807) is 21.1 Å². The van der Waals surface area contributed by atoms with Gasteiger partial charge in [-0.15, -0.1) is 0 Å². The lowest BCUT2D eigenvalue weighted by Crippen LogP contribution is -2.14. The van der Waals surface area contributed by atoms with E-state index in [9.17, 15) is 4.79 Å². The summed E-state index contributed by atoms with van der Waals surface area (Å²) in [4.78, 5) is 13.6. The Morgan fingerprint density at radius 3 is 2.39 bits per heavy atom. The van der Waals surface area contributed by atoms with Gasteiger partial charge in [0.15, 0.2) is 11.5 Å². The van der Waals surface area contributed by atoms with E-state index in [1.165, 1.54) is 0 Å². The summed E-state index contributed by atoms with van der Waals surface area (Å²) in [6.07, 6.45) is -0.0603. The summed E-state index contributed by atoms with van der Waals surface area (Å²) < 4.78 is 33.5. The zero-order chi connectivity index (χ0) is 26.8. The Morgan fingerprint density at radius 2 is 1.71 bits per heavy atom. The van der Waals surface area contributed by atoms with Gasteiger partial charge in [0.25, 0.3) is 0 Å². The second kappa shape index (κ2) is 10.7. The van der Waals surface area contributed by atoms with Crippen molar-refractivity contribution in [3.05, 3.63) is 65.9 Å². The van der Waals surface area contributed by atoms with Crippen LogP contribution in [0.25, 0.3) is 33.1 Å². The summed E-state index contributed by atoms with van der Waals surface area (Å²) in [6.45, 7) is 6.42. The van der Waals surface area contributed by atoms with Crippen LogP contribution >= 0.6 is 11.7 Å². The molecule has 0 radical (unpaired) electrons. The highest BCUT2D eigenvalue weighted by atomic mass is 32.1. The Bertz CT molecular complexity index is 1600. The molecule has 0 aliphatic rings. The number of fused-ring (bicyclic) bond motifs is 2. The van der Waals surface area contributed by atoms with Crippen LogP contribution in [-0.4, -0.2) is 46.2 Å². The van der Waals surface area contributed by atoms with E-state index in [0.717, 1.165) is 56.1 Å². The van der Waals surface area contributed by atoms with Crippen LogP contribution in [0.5, 0.6) is 17.2 Å². The number of hydrogen-bond acceptors (Lipinski definition) is 8. The van der Waals surface area contributed by atoms with Crippen molar-refractivity contribution in [2.45, 2.75) is 33.4 Å². The first-order valence-electron chi connectivity index (χ1n) is 12.4. The van der Waals surface area contributed by atoms with Gasteiger partial charge < -0.3 is 23.5 Å². The number of ether oxygens (including phenoxy) is 4. The third kappa shape index (κ3) is 4.77. The van der Waals surface area contributed by atoms with Gasteiger partial charge in [-0.2, -0.15) is 8.75 Å². The van der Waals surface area contributed by atoms with Crippen molar-refractivity contribution in [2.75, 3.05) is 20.8 Å². The molecule has 196 valence electrons. The number of methoxy groups -OCH3 is 2. The molecular formula is C29H29N3O5S. The maximum Gasteiger partial charge on any atom is 0.355 e. The molecule has 0 fully saturated rings. The summed E-state index contributed by atoms with van der Waals surface area (Å²) in [5, 5.41) is 0.844. The van der Waals surface area contributed by atoms with Crippen LogP contribution < -0.4 is 14.2 Å². The Kier molecular flexibility index (Phi) is 7.20. The Hall–Kier alpha value is -4.11. The number of carbonyl (C=O) groups is 1. The quantitative estimate of drug-likeness (QED) is 0.205. The number of aromatic nitrogens is 3. The van der Waals surface area contributed by atoms with Crippen molar-refractivity contribution in [2.24, 2.45) is 0 Å². The molecule has 2 aromatic heterocycles. The largest absolute Gasteiger partial charge is 0.497 e. The fraction of sp³-hybridized carbons (Fsp3) is 0.276. The van der Waals surface area contributed by atoms with Gasteiger partial charge in [-0.05, 0) is 62.2 Å².